The number of H-pyrrole nitrogens is 1. The molecule has 1 saturated heterocycles. The number of anilines is 1. The van der Waals surface area contributed by atoms with Crippen molar-refractivity contribution in [2.24, 2.45) is 0 Å². The molecule has 4 rings (SSSR count). The van der Waals surface area contributed by atoms with Crippen molar-refractivity contribution in [2.75, 3.05) is 25.0 Å². The number of aromatic amines is 1. The fourth-order valence-electron chi connectivity index (χ4n) is 3.33. The first-order valence-corrected chi connectivity index (χ1v) is 9.89. The van der Waals surface area contributed by atoms with Gasteiger partial charge in [-0.1, -0.05) is 36.2 Å². The Labute approximate surface area is 179 Å². The summed E-state index contributed by atoms with van der Waals surface area (Å²) in [6.07, 6.45) is 3.69. The van der Waals surface area contributed by atoms with Crippen LogP contribution in [-0.2, 0) is 4.79 Å². The number of amides is 1. The highest BCUT2D eigenvalue weighted by molar-refractivity contribution is 6.32. The van der Waals surface area contributed by atoms with Gasteiger partial charge in [-0.15, -0.1) is 0 Å². The summed E-state index contributed by atoms with van der Waals surface area (Å²) < 4.78 is 5.58. The Morgan fingerprint density at radius 1 is 1.43 bits per heavy atom. The van der Waals surface area contributed by atoms with E-state index in [0.717, 1.165) is 17.6 Å². The fraction of sp³-hybridized carbons (Fsp3) is 0.227. The van der Waals surface area contributed by atoms with Crippen LogP contribution in [0, 0.1) is 11.8 Å². The van der Waals surface area contributed by atoms with Gasteiger partial charge in [-0.05, 0) is 36.6 Å². The van der Waals surface area contributed by atoms with Gasteiger partial charge in [-0.3, -0.25) is 4.79 Å². The van der Waals surface area contributed by atoms with Crippen molar-refractivity contribution in [3.05, 3.63) is 60.0 Å². The molecule has 2 N–H and O–H groups in total. The average molecular weight is 422 g/mol. The maximum absolute atomic E-state index is 11.8. The maximum Gasteiger partial charge on any atom is 0.246 e. The van der Waals surface area contributed by atoms with E-state index in [2.05, 4.69) is 38.7 Å². The highest BCUT2D eigenvalue weighted by atomic mass is 35.5. The van der Waals surface area contributed by atoms with Crippen molar-refractivity contribution in [1.29, 1.82) is 0 Å². The van der Waals surface area contributed by atoms with Gasteiger partial charge >= 0.3 is 0 Å². The van der Waals surface area contributed by atoms with Crippen molar-refractivity contribution in [2.45, 2.75) is 12.5 Å². The molecule has 0 bridgehead atoms. The smallest absolute Gasteiger partial charge is 0.246 e. The summed E-state index contributed by atoms with van der Waals surface area (Å²) in [4.78, 5) is 25.4. The van der Waals surface area contributed by atoms with E-state index >= 15 is 0 Å². The molecule has 3 heterocycles. The summed E-state index contributed by atoms with van der Waals surface area (Å²) in [5.74, 6) is 7.28. The molecule has 0 radical (unpaired) electrons. The summed E-state index contributed by atoms with van der Waals surface area (Å²) in [6, 6.07) is 9.30. The molecule has 7 nitrogen and oxygen atoms in total. The third-order valence-electron chi connectivity index (χ3n) is 4.80. The van der Waals surface area contributed by atoms with Crippen molar-refractivity contribution in [1.82, 2.24) is 19.9 Å². The molecule has 0 saturated carbocycles. The molecule has 1 aliphatic heterocycles. The van der Waals surface area contributed by atoms with Gasteiger partial charge < -0.3 is 19.9 Å². The summed E-state index contributed by atoms with van der Waals surface area (Å²) in [5, 5.41) is 4.82. The second kappa shape index (κ2) is 8.89. The van der Waals surface area contributed by atoms with Gasteiger partial charge in [0, 0.05) is 19.1 Å². The Morgan fingerprint density at radius 2 is 2.30 bits per heavy atom. The average Bonchev–Trinajstić information content (AvgIpc) is 3.39. The minimum absolute atomic E-state index is 0.0506. The molecule has 0 aliphatic carbocycles. The van der Waals surface area contributed by atoms with Gasteiger partial charge in [-0.2, -0.15) is 0 Å². The zero-order valence-electron chi connectivity index (χ0n) is 16.2. The number of hydrogen-bond acceptors (Lipinski definition) is 5. The number of carbonyl (C=O) groups excluding carboxylic acids is 1. The monoisotopic (exact) mass is 421 g/mol. The van der Waals surface area contributed by atoms with Crippen molar-refractivity contribution in [3.63, 3.8) is 0 Å². The number of nitrogens with one attached hydrogen (secondary N) is 2. The van der Waals surface area contributed by atoms with Gasteiger partial charge in [0.25, 0.3) is 0 Å². The minimum atomic E-state index is -0.0506. The lowest BCUT2D eigenvalue weighted by Crippen LogP contribution is -2.30. The predicted octanol–water partition coefficient (Wildman–Crippen LogP) is 3.24. The van der Waals surface area contributed by atoms with Gasteiger partial charge in [0.2, 0.25) is 5.91 Å². The SMILES string of the molecule is C=CC(=O)N1CC[C@@H](Nc2ncnc3[nH]c(C#CCOc4ccccc4Cl)cc23)C1. The molecule has 3 aromatic rings. The highest BCUT2D eigenvalue weighted by Crippen LogP contribution is 2.24. The van der Waals surface area contributed by atoms with Gasteiger partial charge in [0.1, 0.15) is 30.1 Å². The van der Waals surface area contributed by atoms with Crippen LogP contribution >= 0.6 is 11.6 Å². The summed E-state index contributed by atoms with van der Waals surface area (Å²) in [5.41, 5.74) is 1.41. The highest BCUT2D eigenvalue weighted by Gasteiger charge is 2.25. The lowest BCUT2D eigenvalue weighted by Gasteiger charge is -2.15. The number of para-hydroxylation sites is 1. The molecule has 0 unspecified atom stereocenters. The normalized spacial score (nSPS) is 15.5. The fourth-order valence-corrected chi connectivity index (χ4v) is 3.52. The second-order valence-electron chi connectivity index (χ2n) is 6.81. The van der Waals surface area contributed by atoms with E-state index < -0.39 is 0 Å². The Bertz CT molecular complexity index is 1150. The van der Waals surface area contributed by atoms with Crippen LogP contribution in [0.15, 0.2) is 49.3 Å². The number of aromatic nitrogens is 3. The van der Waals surface area contributed by atoms with E-state index in [9.17, 15) is 4.79 Å². The second-order valence-corrected chi connectivity index (χ2v) is 7.21. The van der Waals surface area contributed by atoms with Gasteiger partial charge in [0.15, 0.2) is 0 Å². The molecule has 8 heteroatoms. The number of carbonyl (C=O) groups is 1. The predicted molar refractivity (Wildman–Crippen MR) is 117 cm³/mol. The van der Waals surface area contributed by atoms with Crippen LogP contribution in [0.3, 0.4) is 0 Å². The van der Waals surface area contributed by atoms with E-state index in [1.54, 1.807) is 17.0 Å². The minimum Gasteiger partial charge on any atom is -0.479 e. The first kappa shape index (κ1) is 19.8. The number of hydrogen-bond donors (Lipinski definition) is 2. The zero-order chi connectivity index (χ0) is 20.9. The molecule has 0 spiro atoms. The maximum atomic E-state index is 11.8. The number of nitrogens with zero attached hydrogens (tertiary/aromatic N) is 3. The number of fused-ring (bicyclic) bond motifs is 1. The number of ether oxygens (including phenoxy) is 1. The number of rotatable bonds is 5. The molecule has 1 aromatic carbocycles. The number of likely N-dealkylation sites (tertiary alicyclic amines) is 1. The summed E-state index contributed by atoms with van der Waals surface area (Å²) in [6.45, 7) is 5.08. The van der Waals surface area contributed by atoms with E-state index in [-0.39, 0.29) is 18.6 Å². The van der Waals surface area contributed by atoms with Crippen molar-refractivity contribution in [3.8, 4) is 17.6 Å². The molecule has 1 amide bonds. The number of halogens is 1. The van der Waals surface area contributed by atoms with Gasteiger partial charge in [-0.25, -0.2) is 9.97 Å². The van der Waals surface area contributed by atoms with Gasteiger partial charge in [0.05, 0.1) is 16.1 Å². The first-order chi connectivity index (χ1) is 14.6. The van der Waals surface area contributed by atoms with Crippen LogP contribution < -0.4 is 10.1 Å². The molecule has 1 aliphatic rings. The number of benzene rings is 1. The largest absolute Gasteiger partial charge is 0.479 e. The lowest BCUT2D eigenvalue weighted by molar-refractivity contribution is -0.125. The molecular formula is C22H20ClN5O2. The topological polar surface area (TPSA) is 83.1 Å². The first-order valence-electron chi connectivity index (χ1n) is 9.52. The van der Waals surface area contributed by atoms with Crippen LogP contribution in [0.1, 0.15) is 12.1 Å². The quantitative estimate of drug-likeness (QED) is 0.488. The molecule has 1 atom stereocenters. The Hall–Kier alpha value is -3.50. The van der Waals surface area contributed by atoms with Crippen LogP contribution in [0.25, 0.3) is 11.0 Å². The van der Waals surface area contributed by atoms with E-state index in [0.29, 0.717) is 35.2 Å². The molecule has 1 fully saturated rings. The summed E-state index contributed by atoms with van der Waals surface area (Å²) >= 11 is 6.07. The van der Waals surface area contributed by atoms with E-state index in [4.69, 9.17) is 16.3 Å². The Morgan fingerprint density at radius 3 is 3.13 bits per heavy atom. The Balaban J connectivity index is 1.43. The summed E-state index contributed by atoms with van der Waals surface area (Å²) in [7, 11) is 0. The molecule has 2 aromatic heterocycles. The van der Waals surface area contributed by atoms with Crippen LogP contribution in [0.5, 0.6) is 5.75 Å². The molecule has 152 valence electrons. The zero-order valence-corrected chi connectivity index (χ0v) is 16.9. The lowest BCUT2D eigenvalue weighted by atomic mass is 10.2. The molecule has 30 heavy (non-hydrogen) atoms. The van der Waals surface area contributed by atoms with Crippen LogP contribution in [-0.4, -0.2) is 51.5 Å². The Kier molecular flexibility index (Phi) is 5.87. The standard InChI is InChI=1S/C22H20ClN5O2/c1-2-20(29)28-10-9-16(13-28)27-22-17-12-15(26-21(17)24-14-25-22)6-5-11-30-19-8-4-3-7-18(19)23/h2-4,7-8,12,14,16H,1,9-11,13H2,(H2,24,25,26,27)/t16-/m1/s1. The van der Waals surface area contributed by atoms with Crippen LogP contribution in [0.2, 0.25) is 5.02 Å². The molecular weight excluding hydrogens is 402 g/mol. The van der Waals surface area contributed by atoms with E-state index in [1.165, 1.54) is 12.4 Å². The van der Waals surface area contributed by atoms with Crippen LogP contribution in [0.4, 0.5) is 5.82 Å². The van der Waals surface area contributed by atoms with Crippen molar-refractivity contribution < 1.29 is 9.53 Å². The third-order valence-corrected chi connectivity index (χ3v) is 5.11. The van der Waals surface area contributed by atoms with E-state index in [1.807, 2.05) is 18.2 Å². The third kappa shape index (κ3) is 4.39. The van der Waals surface area contributed by atoms with Crippen molar-refractivity contribution >= 4 is 34.4 Å².